The van der Waals surface area contributed by atoms with Gasteiger partial charge in [0.25, 0.3) is 0 Å². The summed E-state index contributed by atoms with van der Waals surface area (Å²) in [7, 11) is -3.66. The van der Waals surface area contributed by atoms with Crippen molar-refractivity contribution < 1.29 is 13.2 Å². The topological polar surface area (TPSA) is 66.5 Å². The van der Waals surface area contributed by atoms with E-state index in [2.05, 4.69) is 5.32 Å². The molecule has 0 spiro atoms. The number of benzene rings is 2. The number of halogens is 2. The third kappa shape index (κ3) is 4.63. The van der Waals surface area contributed by atoms with E-state index < -0.39 is 15.9 Å². The van der Waals surface area contributed by atoms with Gasteiger partial charge >= 0.3 is 0 Å². The fourth-order valence-electron chi connectivity index (χ4n) is 3.09. The first-order chi connectivity index (χ1) is 12.8. The summed E-state index contributed by atoms with van der Waals surface area (Å²) in [5.74, 6) is -0.615. The number of sulfonamides is 1. The fraction of sp³-hybridized carbons (Fsp3) is 0.316. The lowest BCUT2D eigenvalue weighted by Crippen LogP contribution is -2.43. The number of aryl methyl sites for hydroxylation is 1. The summed E-state index contributed by atoms with van der Waals surface area (Å²) in [6.45, 7) is 2.42. The molecule has 8 heteroatoms. The molecule has 0 aromatic heterocycles. The highest BCUT2D eigenvalue weighted by molar-refractivity contribution is 7.89. The second-order valence-corrected chi connectivity index (χ2v) is 9.42. The second kappa shape index (κ2) is 8.19. The summed E-state index contributed by atoms with van der Waals surface area (Å²) in [5, 5.41) is 3.89. The predicted octanol–water partition coefficient (Wildman–Crippen LogP) is 4.34. The van der Waals surface area contributed by atoms with Crippen molar-refractivity contribution >= 4 is 44.8 Å². The SMILES string of the molecule is Cc1ccc(Cl)cc1NC(=O)[C@H]1CCCN(S(=O)(=O)c2ccc(Cl)cc2)C1. The van der Waals surface area contributed by atoms with E-state index >= 15 is 0 Å². The molecule has 1 atom stereocenters. The molecule has 5 nitrogen and oxygen atoms in total. The maximum absolute atomic E-state index is 12.9. The molecule has 1 amide bonds. The molecule has 0 unspecified atom stereocenters. The molecule has 1 aliphatic heterocycles. The Balaban J connectivity index is 1.74. The summed E-state index contributed by atoms with van der Waals surface area (Å²) in [5.41, 5.74) is 1.54. The van der Waals surface area contributed by atoms with Crippen LogP contribution in [-0.4, -0.2) is 31.7 Å². The third-order valence-electron chi connectivity index (χ3n) is 4.66. The minimum atomic E-state index is -3.66. The van der Waals surface area contributed by atoms with Crippen molar-refractivity contribution in [3.8, 4) is 0 Å². The van der Waals surface area contributed by atoms with Crippen molar-refractivity contribution in [3.63, 3.8) is 0 Å². The Morgan fingerprint density at radius 1 is 1.11 bits per heavy atom. The van der Waals surface area contributed by atoms with Crippen LogP contribution in [0.15, 0.2) is 47.4 Å². The van der Waals surface area contributed by atoms with Crippen molar-refractivity contribution in [1.29, 1.82) is 0 Å². The molecule has 27 heavy (non-hydrogen) atoms. The lowest BCUT2D eigenvalue weighted by atomic mass is 9.98. The van der Waals surface area contributed by atoms with Crippen molar-refractivity contribution in [2.24, 2.45) is 5.92 Å². The zero-order valence-corrected chi connectivity index (χ0v) is 17.1. The predicted molar refractivity (Wildman–Crippen MR) is 108 cm³/mol. The Morgan fingerprint density at radius 3 is 2.48 bits per heavy atom. The molecule has 1 N–H and O–H groups in total. The molecular formula is C19H20Cl2N2O3S. The van der Waals surface area contributed by atoms with Crippen molar-refractivity contribution in [2.75, 3.05) is 18.4 Å². The molecule has 1 aliphatic rings. The molecule has 0 bridgehead atoms. The number of anilines is 1. The van der Waals surface area contributed by atoms with Crippen LogP contribution in [0.5, 0.6) is 0 Å². The van der Waals surface area contributed by atoms with Crippen LogP contribution in [0.4, 0.5) is 5.69 Å². The smallest absolute Gasteiger partial charge is 0.243 e. The zero-order chi connectivity index (χ0) is 19.6. The number of carbonyl (C=O) groups is 1. The molecule has 2 aromatic rings. The summed E-state index contributed by atoms with van der Waals surface area (Å²) in [6.07, 6.45) is 1.26. The minimum absolute atomic E-state index is 0.149. The fourth-order valence-corrected chi connectivity index (χ4v) is 4.92. The lowest BCUT2D eigenvalue weighted by Gasteiger charge is -2.31. The second-order valence-electron chi connectivity index (χ2n) is 6.60. The quantitative estimate of drug-likeness (QED) is 0.790. The first kappa shape index (κ1) is 20.1. The van der Waals surface area contributed by atoms with Crippen molar-refractivity contribution in [1.82, 2.24) is 4.31 Å². The van der Waals surface area contributed by atoms with Gasteiger partial charge in [0.2, 0.25) is 15.9 Å². The van der Waals surface area contributed by atoms with E-state index in [9.17, 15) is 13.2 Å². The molecule has 1 saturated heterocycles. The van der Waals surface area contributed by atoms with Crippen molar-refractivity contribution in [3.05, 3.63) is 58.1 Å². The van der Waals surface area contributed by atoms with Crippen molar-refractivity contribution in [2.45, 2.75) is 24.7 Å². The third-order valence-corrected chi connectivity index (χ3v) is 7.03. The van der Waals surface area contributed by atoms with Gasteiger partial charge in [-0.15, -0.1) is 0 Å². The molecule has 0 aliphatic carbocycles. The average Bonchev–Trinajstić information content (AvgIpc) is 2.65. The van der Waals surface area contributed by atoms with Crippen LogP contribution in [0.2, 0.25) is 10.0 Å². The molecule has 1 fully saturated rings. The van der Waals surface area contributed by atoms with Crippen LogP contribution in [0.25, 0.3) is 0 Å². The van der Waals surface area contributed by atoms with E-state index in [-0.39, 0.29) is 17.3 Å². The maximum atomic E-state index is 12.9. The Morgan fingerprint density at radius 2 is 1.78 bits per heavy atom. The first-order valence-electron chi connectivity index (χ1n) is 8.60. The number of carbonyl (C=O) groups excluding carboxylic acids is 1. The van der Waals surface area contributed by atoms with Gasteiger partial charge in [-0.25, -0.2) is 8.42 Å². The van der Waals surface area contributed by atoms with E-state index in [1.807, 2.05) is 13.0 Å². The van der Waals surface area contributed by atoms with E-state index in [1.54, 1.807) is 24.3 Å². The molecule has 1 heterocycles. The molecule has 0 saturated carbocycles. The van der Waals surface area contributed by atoms with Crippen LogP contribution in [0.3, 0.4) is 0 Å². The Kier molecular flexibility index (Phi) is 6.11. The monoisotopic (exact) mass is 426 g/mol. The Labute approximate surface area is 169 Å². The molecule has 2 aromatic carbocycles. The van der Waals surface area contributed by atoms with Crippen LogP contribution in [0.1, 0.15) is 18.4 Å². The van der Waals surface area contributed by atoms with Crippen LogP contribution < -0.4 is 5.32 Å². The Bertz CT molecular complexity index is 946. The zero-order valence-electron chi connectivity index (χ0n) is 14.8. The van der Waals surface area contributed by atoms with Gasteiger partial charge in [-0.1, -0.05) is 29.3 Å². The highest BCUT2D eigenvalue weighted by Crippen LogP contribution is 2.27. The number of nitrogens with zero attached hydrogens (tertiary/aromatic N) is 1. The normalized spacial score (nSPS) is 18.3. The molecule has 3 rings (SSSR count). The highest BCUT2D eigenvalue weighted by atomic mass is 35.5. The summed E-state index contributed by atoms with van der Waals surface area (Å²) < 4.78 is 27.1. The summed E-state index contributed by atoms with van der Waals surface area (Å²) >= 11 is 11.8. The van der Waals surface area contributed by atoms with Gasteiger partial charge < -0.3 is 5.32 Å². The lowest BCUT2D eigenvalue weighted by molar-refractivity contribution is -0.120. The van der Waals surface area contributed by atoms with Gasteiger partial charge in [-0.05, 0) is 61.7 Å². The van der Waals surface area contributed by atoms with E-state index in [0.717, 1.165) is 5.56 Å². The number of hydrogen-bond donors (Lipinski definition) is 1. The summed E-state index contributed by atoms with van der Waals surface area (Å²) in [6, 6.07) is 11.3. The first-order valence-corrected chi connectivity index (χ1v) is 10.8. The minimum Gasteiger partial charge on any atom is -0.326 e. The molecule has 0 radical (unpaired) electrons. The van der Waals surface area contributed by atoms with Gasteiger partial charge in [0.05, 0.1) is 10.8 Å². The standard InChI is InChI=1S/C19H20Cl2N2O3S/c1-13-4-5-16(21)11-18(13)22-19(24)14-3-2-10-23(12-14)27(25,26)17-8-6-15(20)7-9-17/h4-9,11,14H,2-3,10,12H2,1H3,(H,22,24)/t14-/m0/s1. The van der Waals surface area contributed by atoms with E-state index in [4.69, 9.17) is 23.2 Å². The van der Waals surface area contributed by atoms with Gasteiger partial charge in [-0.3, -0.25) is 4.79 Å². The summed E-state index contributed by atoms with van der Waals surface area (Å²) in [4.78, 5) is 12.9. The average molecular weight is 427 g/mol. The number of hydrogen-bond acceptors (Lipinski definition) is 3. The molecule has 144 valence electrons. The number of rotatable bonds is 4. The van der Waals surface area contributed by atoms with Crippen LogP contribution in [-0.2, 0) is 14.8 Å². The number of piperidine rings is 1. The van der Waals surface area contributed by atoms with E-state index in [0.29, 0.717) is 35.1 Å². The Hall–Kier alpha value is -1.60. The van der Waals surface area contributed by atoms with Gasteiger partial charge in [-0.2, -0.15) is 4.31 Å². The molecular weight excluding hydrogens is 407 g/mol. The largest absolute Gasteiger partial charge is 0.326 e. The van der Waals surface area contributed by atoms with Gasteiger partial charge in [0.15, 0.2) is 0 Å². The number of nitrogens with one attached hydrogen (secondary N) is 1. The highest BCUT2D eigenvalue weighted by Gasteiger charge is 2.33. The van der Waals surface area contributed by atoms with E-state index in [1.165, 1.54) is 16.4 Å². The van der Waals surface area contributed by atoms with Gasteiger partial charge in [0.1, 0.15) is 0 Å². The van der Waals surface area contributed by atoms with Crippen LogP contribution >= 0.6 is 23.2 Å². The van der Waals surface area contributed by atoms with Gasteiger partial charge in [0, 0.05) is 28.8 Å². The van der Waals surface area contributed by atoms with Crippen LogP contribution in [0, 0.1) is 12.8 Å². The maximum Gasteiger partial charge on any atom is 0.243 e. The number of amides is 1.